The topological polar surface area (TPSA) is 57.8 Å². The first-order chi connectivity index (χ1) is 8.90. The van der Waals surface area contributed by atoms with Crippen molar-refractivity contribution in [1.29, 1.82) is 0 Å². The molecule has 100 valence electrons. The van der Waals surface area contributed by atoms with Crippen molar-refractivity contribution >= 4 is 57.4 Å². The lowest BCUT2D eigenvalue weighted by atomic mass is 10.3. The Balaban J connectivity index is 2.50. The number of fused-ring (bicyclic) bond motifs is 1. The van der Waals surface area contributed by atoms with Crippen LogP contribution < -0.4 is 4.90 Å². The minimum absolute atomic E-state index is 0.0380. The van der Waals surface area contributed by atoms with E-state index in [4.69, 9.17) is 39.9 Å². The number of carboxylic acid groups (broad SMARTS) is 1. The van der Waals surface area contributed by atoms with E-state index in [2.05, 4.69) is 4.98 Å². The lowest BCUT2D eigenvalue weighted by Crippen LogP contribution is -2.23. The average Bonchev–Trinajstić information content (AvgIpc) is 2.78. The molecule has 1 amide bonds. The molecule has 0 atom stereocenters. The van der Waals surface area contributed by atoms with Crippen molar-refractivity contribution in [3.63, 3.8) is 0 Å². The van der Waals surface area contributed by atoms with Crippen LogP contribution in [0.4, 0.5) is 10.6 Å². The highest BCUT2D eigenvalue weighted by Gasteiger charge is 2.13. The highest BCUT2D eigenvalue weighted by Crippen LogP contribution is 2.28. The maximum atomic E-state index is 10.9. The summed E-state index contributed by atoms with van der Waals surface area (Å²) in [6.45, 7) is 0. The SMILES string of the molecule is CN(C(=O)O)c1cn2cc(C(Cl)=C(Cl)Cl)ccc2n1. The van der Waals surface area contributed by atoms with Gasteiger partial charge in [-0.15, -0.1) is 0 Å². The number of hydrogen-bond acceptors (Lipinski definition) is 2. The molecule has 2 aromatic rings. The van der Waals surface area contributed by atoms with Crippen molar-refractivity contribution in [2.75, 3.05) is 11.9 Å². The average molecular weight is 321 g/mol. The lowest BCUT2D eigenvalue weighted by molar-refractivity contribution is 0.203. The molecule has 2 aromatic heterocycles. The summed E-state index contributed by atoms with van der Waals surface area (Å²) in [5.74, 6) is 0.307. The van der Waals surface area contributed by atoms with Gasteiger partial charge in [-0.1, -0.05) is 34.8 Å². The molecule has 0 aliphatic heterocycles. The van der Waals surface area contributed by atoms with Crippen LogP contribution in [0.1, 0.15) is 5.56 Å². The number of amides is 1. The second-order valence-electron chi connectivity index (χ2n) is 3.70. The summed E-state index contributed by atoms with van der Waals surface area (Å²) in [6.07, 6.45) is 2.14. The van der Waals surface area contributed by atoms with Crippen LogP contribution in [0.5, 0.6) is 0 Å². The van der Waals surface area contributed by atoms with Gasteiger partial charge in [-0.2, -0.15) is 0 Å². The van der Waals surface area contributed by atoms with Crippen LogP contribution in [0.2, 0.25) is 0 Å². The largest absolute Gasteiger partial charge is 0.465 e. The van der Waals surface area contributed by atoms with Gasteiger partial charge in [0.15, 0.2) is 5.82 Å². The molecule has 1 N–H and O–H groups in total. The van der Waals surface area contributed by atoms with Crippen LogP contribution in [0, 0.1) is 0 Å². The molecule has 0 aliphatic rings. The first-order valence-corrected chi connectivity index (χ1v) is 6.20. The highest BCUT2D eigenvalue weighted by atomic mass is 35.5. The van der Waals surface area contributed by atoms with E-state index in [-0.39, 0.29) is 9.52 Å². The zero-order chi connectivity index (χ0) is 14.2. The van der Waals surface area contributed by atoms with E-state index in [1.807, 2.05) is 0 Å². The number of hydrogen-bond donors (Lipinski definition) is 1. The predicted molar refractivity (Wildman–Crippen MR) is 76.1 cm³/mol. The third kappa shape index (κ3) is 2.78. The van der Waals surface area contributed by atoms with Gasteiger partial charge in [0.1, 0.15) is 10.1 Å². The Bertz CT molecular complexity index is 677. The Morgan fingerprint density at radius 1 is 1.32 bits per heavy atom. The Hall–Kier alpha value is -1.43. The van der Waals surface area contributed by atoms with Crippen molar-refractivity contribution in [2.24, 2.45) is 0 Å². The molecule has 2 heterocycles. The molecular weight excluding hydrogens is 312 g/mol. The zero-order valence-corrected chi connectivity index (χ0v) is 11.9. The number of nitrogens with zero attached hydrogens (tertiary/aromatic N) is 3. The Labute approximate surface area is 123 Å². The lowest BCUT2D eigenvalue weighted by Gasteiger charge is -2.07. The van der Waals surface area contributed by atoms with Gasteiger partial charge >= 0.3 is 6.09 Å². The first kappa shape index (κ1) is 14.0. The summed E-state index contributed by atoms with van der Waals surface area (Å²) in [5, 5.41) is 9.10. The molecule has 0 saturated carbocycles. The Kier molecular flexibility index (Phi) is 3.89. The standard InChI is InChI=1S/C11H8Cl3N3O2/c1-16(11(18)19)8-5-17-4-6(9(12)10(13)14)2-3-7(17)15-8/h2-5H,1H3,(H,18,19). The number of imidazole rings is 1. The minimum atomic E-state index is -1.09. The second-order valence-corrected chi connectivity index (χ2v) is 5.03. The van der Waals surface area contributed by atoms with Crippen LogP contribution in [0.15, 0.2) is 29.0 Å². The van der Waals surface area contributed by atoms with E-state index in [1.165, 1.54) is 7.05 Å². The van der Waals surface area contributed by atoms with E-state index in [9.17, 15) is 4.79 Å². The van der Waals surface area contributed by atoms with Crippen molar-refractivity contribution < 1.29 is 9.90 Å². The summed E-state index contributed by atoms with van der Waals surface area (Å²) >= 11 is 17.2. The van der Waals surface area contributed by atoms with E-state index in [1.54, 1.807) is 28.9 Å². The summed E-state index contributed by atoms with van der Waals surface area (Å²) in [7, 11) is 1.41. The molecule has 0 radical (unpaired) electrons. The minimum Gasteiger partial charge on any atom is -0.465 e. The molecule has 19 heavy (non-hydrogen) atoms. The molecule has 0 saturated heterocycles. The monoisotopic (exact) mass is 319 g/mol. The summed E-state index contributed by atoms with van der Waals surface area (Å²) in [4.78, 5) is 16.0. The summed E-state index contributed by atoms with van der Waals surface area (Å²) < 4.78 is 1.60. The second kappa shape index (κ2) is 5.28. The summed E-state index contributed by atoms with van der Waals surface area (Å²) in [6, 6.07) is 3.38. The number of carbonyl (C=O) groups is 1. The number of aromatic nitrogens is 2. The van der Waals surface area contributed by atoms with Crippen molar-refractivity contribution in [3.8, 4) is 0 Å². The van der Waals surface area contributed by atoms with Crippen molar-refractivity contribution in [3.05, 3.63) is 34.6 Å². The molecule has 0 aromatic carbocycles. The van der Waals surface area contributed by atoms with Gasteiger partial charge in [0, 0.05) is 18.8 Å². The fraction of sp³-hybridized carbons (Fsp3) is 0.0909. The van der Waals surface area contributed by atoms with Gasteiger partial charge in [-0.05, 0) is 12.1 Å². The smallest absolute Gasteiger partial charge is 0.412 e. The zero-order valence-electron chi connectivity index (χ0n) is 9.64. The molecule has 2 rings (SSSR count). The van der Waals surface area contributed by atoms with Gasteiger partial charge in [-0.25, -0.2) is 9.78 Å². The molecule has 8 heteroatoms. The molecule has 0 fully saturated rings. The van der Waals surface area contributed by atoms with Gasteiger partial charge in [0.2, 0.25) is 0 Å². The Morgan fingerprint density at radius 2 is 2.00 bits per heavy atom. The number of anilines is 1. The third-order valence-electron chi connectivity index (χ3n) is 2.49. The van der Waals surface area contributed by atoms with E-state index in [0.717, 1.165) is 4.90 Å². The normalized spacial score (nSPS) is 10.5. The van der Waals surface area contributed by atoms with Crippen LogP contribution in [0.25, 0.3) is 10.7 Å². The summed E-state index contributed by atoms with van der Waals surface area (Å²) in [5.41, 5.74) is 1.19. The van der Waals surface area contributed by atoms with Crippen LogP contribution in [0.3, 0.4) is 0 Å². The molecule has 5 nitrogen and oxygen atoms in total. The van der Waals surface area contributed by atoms with Gasteiger partial charge in [-0.3, -0.25) is 4.90 Å². The molecule has 0 bridgehead atoms. The van der Waals surface area contributed by atoms with E-state index in [0.29, 0.717) is 17.0 Å². The maximum absolute atomic E-state index is 10.9. The predicted octanol–water partition coefficient (Wildman–Crippen LogP) is 3.79. The number of halogens is 3. The van der Waals surface area contributed by atoms with Crippen LogP contribution in [-0.2, 0) is 0 Å². The van der Waals surface area contributed by atoms with Gasteiger partial charge in [0.05, 0.1) is 11.2 Å². The molecule has 0 spiro atoms. The number of rotatable bonds is 2. The molecule has 0 unspecified atom stereocenters. The third-order valence-corrected chi connectivity index (χ3v) is 3.47. The fourth-order valence-corrected chi connectivity index (χ4v) is 1.81. The van der Waals surface area contributed by atoms with Crippen LogP contribution >= 0.6 is 34.8 Å². The quantitative estimate of drug-likeness (QED) is 0.916. The number of pyridine rings is 1. The molecule has 0 aliphatic carbocycles. The Morgan fingerprint density at radius 3 is 2.58 bits per heavy atom. The fourth-order valence-electron chi connectivity index (χ4n) is 1.48. The first-order valence-electron chi connectivity index (χ1n) is 5.06. The molecular formula is C11H8Cl3N3O2. The van der Waals surface area contributed by atoms with Crippen molar-refractivity contribution in [2.45, 2.75) is 0 Å². The maximum Gasteiger partial charge on any atom is 0.412 e. The van der Waals surface area contributed by atoms with Gasteiger partial charge < -0.3 is 9.51 Å². The van der Waals surface area contributed by atoms with Crippen molar-refractivity contribution in [1.82, 2.24) is 9.38 Å². The highest BCUT2D eigenvalue weighted by molar-refractivity contribution is 6.66. The van der Waals surface area contributed by atoms with Gasteiger partial charge in [0.25, 0.3) is 0 Å². The van der Waals surface area contributed by atoms with E-state index < -0.39 is 6.09 Å². The van der Waals surface area contributed by atoms with E-state index >= 15 is 0 Å². The van der Waals surface area contributed by atoms with Crippen LogP contribution in [-0.4, -0.2) is 27.6 Å².